The van der Waals surface area contributed by atoms with E-state index in [0.717, 1.165) is 5.69 Å². The Bertz CT molecular complexity index is 491. The lowest BCUT2D eigenvalue weighted by Gasteiger charge is -2.05. The quantitative estimate of drug-likeness (QED) is 0.847. The van der Waals surface area contributed by atoms with Crippen molar-refractivity contribution in [1.82, 2.24) is 4.57 Å². The molecule has 2 rings (SSSR count). The van der Waals surface area contributed by atoms with Crippen LogP contribution in [0.25, 0.3) is 5.69 Å². The van der Waals surface area contributed by atoms with Crippen LogP contribution in [0.1, 0.15) is 10.4 Å². The van der Waals surface area contributed by atoms with Crippen molar-refractivity contribution in [3.63, 3.8) is 0 Å². The molecule has 3 nitrogen and oxygen atoms in total. The maximum Gasteiger partial charge on any atom is 0.335 e. The summed E-state index contributed by atoms with van der Waals surface area (Å²) in [5.41, 5.74) is 0.927. The van der Waals surface area contributed by atoms with E-state index in [9.17, 15) is 4.79 Å². The van der Waals surface area contributed by atoms with Crippen LogP contribution in [0.4, 0.5) is 0 Å². The molecule has 0 unspecified atom stereocenters. The number of carboxylic acids is 1. The second-order valence-electron chi connectivity index (χ2n) is 3.09. The molecule has 1 aromatic heterocycles. The van der Waals surface area contributed by atoms with Gasteiger partial charge in [0.2, 0.25) is 0 Å². The number of aromatic carboxylic acids is 1. The molecule has 0 amide bonds. The highest BCUT2D eigenvalue weighted by molar-refractivity contribution is 6.31. The minimum absolute atomic E-state index is 0.186. The number of hydrogen-bond donors (Lipinski definition) is 1. The molecule has 2 aromatic rings. The first kappa shape index (κ1) is 9.80. The molecule has 4 heteroatoms. The highest BCUT2D eigenvalue weighted by atomic mass is 35.5. The first-order valence-corrected chi connectivity index (χ1v) is 4.72. The predicted molar refractivity (Wildman–Crippen MR) is 57.7 cm³/mol. The molecule has 1 N–H and O–H groups in total. The van der Waals surface area contributed by atoms with Gasteiger partial charge < -0.3 is 9.67 Å². The molecule has 1 heterocycles. The molecular formula is C11H8ClNO2. The van der Waals surface area contributed by atoms with E-state index in [-0.39, 0.29) is 5.56 Å². The summed E-state index contributed by atoms with van der Waals surface area (Å²) in [7, 11) is 0. The van der Waals surface area contributed by atoms with Crippen molar-refractivity contribution in [3.05, 3.63) is 53.3 Å². The fourth-order valence-electron chi connectivity index (χ4n) is 1.35. The van der Waals surface area contributed by atoms with Crippen LogP contribution in [-0.2, 0) is 0 Å². The van der Waals surface area contributed by atoms with E-state index < -0.39 is 5.97 Å². The van der Waals surface area contributed by atoms with E-state index in [0.29, 0.717) is 5.02 Å². The number of carboxylic acid groups (broad SMARTS) is 1. The second-order valence-corrected chi connectivity index (χ2v) is 3.53. The Morgan fingerprint density at radius 3 is 2.47 bits per heavy atom. The zero-order chi connectivity index (χ0) is 10.8. The van der Waals surface area contributed by atoms with E-state index in [4.69, 9.17) is 16.7 Å². The van der Waals surface area contributed by atoms with Crippen molar-refractivity contribution >= 4 is 17.6 Å². The van der Waals surface area contributed by atoms with Crippen molar-refractivity contribution in [2.75, 3.05) is 0 Å². The summed E-state index contributed by atoms with van der Waals surface area (Å²) in [6.07, 6.45) is 3.66. The fraction of sp³-hybridized carbons (Fsp3) is 0. The van der Waals surface area contributed by atoms with Gasteiger partial charge in [-0.1, -0.05) is 11.6 Å². The van der Waals surface area contributed by atoms with Gasteiger partial charge in [0, 0.05) is 23.1 Å². The highest BCUT2D eigenvalue weighted by Gasteiger charge is 2.06. The second kappa shape index (κ2) is 3.79. The standard InChI is InChI=1S/C11H8ClNO2/c12-9-5-8(11(14)15)6-10(7-9)13-3-1-2-4-13/h1-7H,(H,14,15). The van der Waals surface area contributed by atoms with Crippen molar-refractivity contribution in [1.29, 1.82) is 0 Å². The Morgan fingerprint density at radius 2 is 1.87 bits per heavy atom. The Balaban J connectivity index is 2.54. The van der Waals surface area contributed by atoms with Gasteiger partial charge in [-0.15, -0.1) is 0 Å². The average molecular weight is 222 g/mol. The number of halogens is 1. The Labute approximate surface area is 91.5 Å². The Kier molecular flexibility index (Phi) is 2.47. The molecule has 15 heavy (non-hydrogen) atoms. The van der Waals surface area contributed by atoms with Crippen LogP contribution in [0.5, 0.6) is 0 Å². The molecule has 1 aromatic carbocycles. The molecular weight excluding hydrogens is 214 g/mol. The van der Waals surface area contributed by atoms with E-state index in [1.807, 2.05) is 24.5 Å². The van der Waals surface area contributed by atoms with Crippen LogP contribution < -0.4 is 0 Å². The van der Waals surface area contributed by atoms with Crippen LogP contribution in [0, 0.1) is 0 Å². The molecule has 0 aliphatic heterocycles. The topological polar surface area (TPSA) is 42.2 Å². The van der Waals surface area contributed by atoms with Gasteiger partial charge >= 0.3 is 5.97 Å². The molecule has 0 saturated carbocycles. The SMILES string of the molecule is O=C(O)c1cc(Cl)cc(-n2cccc2)c1. The molecule has 0 fully saturated rings. The first-order valence-electron chi connectivity index (χ1n) is 4.34. The number of hydrogen-bond acceptors (Lipinski definition) is 1. The summed E-state index contributed by atoms with van der Waals surface area (Å²) in [6.45, 7) is 0. The molecule has 76 valence electrons. The van der Waals surface area contributed by atoms with Gasteiger partial charge in [0.15, 0.2) is 0 Å². The molecule has 0 spiro atoms. The number of aromatic nitrogens is 1. The van der Waals surface area contributed by atoms with Gasteiger partial charge in [-0.05, 0) is 30.3 Å². The first-order chi connectivity index (χ1) is 7.16. The zero-order valence-corrected chi connectivity index (χ0v) is 8.48. The molecule has 0 aliphatic carbocycles. The van der Waals surface area contributed by atoms with E-state index in [1.54, 1.807) is 16.7 Å². The smallest absolute Gasteiger partial charge is 0.335 e. The molecule has 0 saturated heterocycles. The number of nitrogens with zero attached hydrogens (tertiary/aromatic N) is 1. The summed E-state index contributed by atoms with van der Waals surface area (Å²) < 4.78 is 1.80. The van der Waals surface area contributed by atoms with Crippen molar-refractivity contribution < 1.29 is 9.90 Å². The third-order valence-electron chi connectivity index (χ3n) is 2.03. The number of rotatable bonds is 2. The Hall–Kier alpha value is -1.74. The van der Waals surface area contributed by atoms with Gasteiger partial charge in [-0.25, -0.2) is 4.79 Å². The molecule has 0 aliphatic rings. The largest absolute Gasteiger partial charge is 0.478 e. The summed E-state index contributed by atoms with van der Waals surface area (Å²) >= 11 is 5.83. The normalized spacial score (nSPS) is 10.2. The summed E-state index contributed by atoms with van der Waals surface area (Å²) in [4.78, 5) is 10.8. The minimum atomic E-state index is -0.981. The van der Waals surface area contributed by atoms with Crippen LogP contribution in [0.3, 0.4) is 0 Å². The third-order valence-corrected chi connectivity index (χ3v) is 2.25. The molecule has 0 radical (unpaired) electrons. The van der Waals surface area contributed by atoms with Gasteiger partial charge in [-0.3, -0.25) is 0 Å². The lowest BCUT2D eigenvalue weighted by molar-refractivity contribution is 0.0697. The van der Waals surface area contributed by atoms with Crippen LogP contribution >= 0.6 is 11.6 Å². The monoisotopic (exact) mass is 221 g/mol. The molecule has 0 atom stereocenters. The van der Waals surface area contributed by atoms with Gasteiger partial charge in [-0.2, -0.15) is 0 Å². The average Bonchev–Trinajstić information content (AvgIpc) is 2.69. The lowest BCUT2D eigenvalue weighted by Crippen LogP contribution is -1.99. The molecule has 0 bridgehead atoms. The van der Waals surface area contributed by atoms with E-state index in [2.05, 4.69) is 0 Å². The Morgan fingerprint density at radius 1 is 1.20 bits per heavy atom. The summed E-state index contributed by atoms with van der Waals surface area (Å²) in [6, 6.07) is 8.45. The van der Waals surface area contributed by atoms with Crippen molar-refractivity contribution in [2.45, 2.75) is 0 Å². The maximum absolute atomic E-state index is 10.8. The van der Waals surface area contributed by atoms with Crippen molar-refractivity contribution in [3.8, 4) is 5.69 Å². The predicted octanol–water partition coefficient (Wildman–Crippen LogP) is 2.83. The van der Waals surface area contributed by atoms with Gasteiger partial charge in [0.1, 0.15) is 0 Å². The van der Waals surface area contributed by atoms with Crippen molar-refractivity contribution in [2.24, 2.45) is 0 Å². The minimum Gasteiger partial charge on any atom is -0.478 e. The number of carbonyl (C=O) groups is 1. The fourth-order valence-corrected chi connectivity index (χ4v) is 1.58. The number of benzene rings is 1. The van der Waals surface area contributed by atoms with Crippen LogP contribution in [0.15, 0.2) is 42.7 Å². The lowest BCUT2D eigenvalue weighted by atomic mass is 10.2. The maximum atomic E-state index is 10.8. The third kappa shape index (κ3) is 2.02. The summed E-state index contributed by atoms with van der Waals surface area (Å²) in [5, 5.41) is 9.28. The van der Waals surface area contributed by atoms with Crippen LogP contribution in [0.2, 0.25) is 5.02 Å². The van der Waals surface area contributed by atoms with E-state index in [1.165, 1.54) is 6.07 Å². The highest BCUT2D eigenvalue weighted by Crippen LogP contribution is 2.18. The summed E-state index contributed by atoms with van der Waals surface area (Å²) in [5.74, 6) is -0.981. The van der Waals surface area contributed by atoms with E-state index >= 15 is 0 Å². The zero-order valence-electron chi connectivity index (χ0n) is 7.72. The van der Waals surface area contributed by atoms with Crippen LogP contribution in [-0.4, -0.2) is 15.6 Å². The van der Waals surface area contributed by atoms with Gasteiger partial charge in [0.05, 0.1) is 5.56 Å². The van der Waals surface area contributed by atoms with Gasteiger partial charge in [0.25, 0.3) is 0 Å².